The lowest BCUT2D eigenvalue weighted by Gasteiger charge is -2.39. The van der Waals surface area contributed by atoms with Crippen LogP contribution in [-0.2, 0) is 11.3 Å². The Morgan fingerprint density at radius 3 is 2.15 bits per heavy atom. The van der Waals surface area contributed by atoms with E-state index in [1.165, 1.54) is 12.1 Å². The second-order valence-corrected chi connectivity index (χ2v) is 8.49. The zero-order valence-electron chi connectivity index (χ0n) is 18.5. The Bertz CT molecular complexity index is 1220. The van der Waals surface area contributed by atoms with E-state index >= 15 is 0 Å². The van der Waals surface area contributed by atoms with Crippen LogP contribution in [-0.4, -0.2) is 52.7 Å². The summed E-state index contributed by atoms with van der Waals surface area (Å²) in [5, 5.41) is 10.9. The Morgan fingerprint density at radius 1 is 0.853 bits per heavy atom. The first kappa shape index (κ1) is 21.6. The van der Waals surface area contributed by atoms with Gasteiger partial charge in [-0.05, 0) is 29.3 Å². The van der Waals surface area contributed by atoms with Crippen LogP contribution in [0.2, 0.25) is 0 Å². The lowest BCUT2D eigenvalue weighted by atomic mass is 10.0. The molecule has 1 fully saturated rings. The number of piperazine rings is 1. The molecule has 2 aliphatic heterocycles. The van der Waals surface area contributed by atoms with E-state index in [1.54, 1.807) is 17.0 Å². The molecule has 1 saturated heterocycles. The summed E-state index contributed by atoms with van der Waals surface area (Å²) in [5.41, 5.74) is 3.33. The third kappa shape index (κ3) is 3.98. The molecule has 0 aliphatic carbocycles. The number of nitro groups is 1. The molecule has 0 unspecified atom stereocenters. The molecule has 0 radical (unpaired) electrons. The minimum atomic E-state index is -0.688. The van der Waals surface area contributed by atoms with Gasteiger partial charge in [-0.25, -0.2) is 0 Å². The van der Waals surface area contributed by atoms with Crippen LogP contribution in [0.1, 0.15) is 27.5 Å². The van der Waals surface area contributed by atoms with E-state index < -0.39 is 11.0 Å². The van der Waals surface area contributed by atoms with Crippen molar-refractivity contribution in [2.75, 3.05) is 31.1 Å². The van der Waals surface area contributed by atoms with Gasteiger partial charge in [0.25, 0.3) is 11.6 Å². The minimum absolute atomic E-state index is 0.0551. The number of benzene rings is 3. The molecule has 8 heteroatoms. The monoisotopic (exact) mass is 456 g/mol. The van der Waals surface area contributed by atoms with Crippen LogP contribution in [0, 0.1) is 10.1 Å². The number of rotatable bonds is 5. The summed E-state index contributed by atoms with van der Waals surface area (Å²) in [6.45, 7) is 2.64. The van der Waals surface area contributed by atoms with Crippen molar-refractivity contribution in [3.8, 4) is 0 Å². The molecule has 5 rings (SSSR count). The van der Waals surface area contributed by atoms with Gasteiger partial charge in [-0.2, -0.15) is 0 Å². The van der Waals surface area contributed by atoms with Gasteiger partial charge in [-0.1, -0.05) is 48.5 Å². The van der Waals surface area contributed by atoms with Crippen molar-refractivity contribution < 1.29 is 14.5 Å². The Labute approximate surface area is 197 Å². The van der Waals surface area contributed by atoms with E-state index in [4.69, 9.17) is 0 Å². The Kier molecular flexibility index (Phi) is 5.71. The van der Waals surface area contributed by atoms with Crippen LogP contribution in [0.25, 0.3) is 0 Å². The van der Waals surface area contributed by atoms with Gasteiger partial charge < -0.3 is 14.7 Å². The van der Waals surface area contributed by atoms with Gasteiger partial charge in [0, 0.05) is 56.1 Å². The van der Waals surface area contributed by atoms with Gasteiger partial charge in [0.1, 0.15) is 6.04 Å². The number of fused-ring (bicyclic) bond motifs is 1. The quantitative estimate of drug-likeness (QED) is 0.432. The molecule has 2 amide bonds. The van der Waals surface area contributed by atoms with Crippen molar-refractivity contribution >= 4 is 23.2 Å². The summed E-state index contributed by atoms with van der Waals surface area (Å²) in [6.07, 6.45) is 0. The molecule has 2 heterocycles. The standard InChI is InChI=1S/C26H24N4O4/c31-25-23-9-5-4-8-20(23)18-29(25)24(19-6-2-1-3-7-19)26(32)28-16-14-27(15-17-28)21-10-12-22(13-11-21)30(33)34/h1-13,24H,14-18H2/t24-/m0/s1. The number of nitro benzene ring substituents is 1. The largest absolute Gasteiger partial charge is 0.368 e. The molecule has 0 spiro atoms. The van der Waals surface area contributed by atoms with Crippen LogP contribution in [0.5, 0.6) is 0 Å². The number of non-ortho nitro benzene ring substituents is 1. The summed E-state index contributed by atoms with van der Waals surface area (Å²) in [5.74, 6) is -0.210. The van der Waals surface area contributed by atoms with Gasteiger partial charge in [0.15, 0.2) is 0 Å². The third-order valence-corrected chi connectivity index (χ3v) is 6.53. The average molecular weight is 457 g/mol. The molecular formula is C26H24N4O4. The van der Waals surface area contributed by atoms with Gasteiger partial charge >= 0.3 is 0 Å². The molecule has 1 atom stereocenters. The fourth-order valence-electron chi connectivity index (χ4n) is 4.72. The first-order chi connectivity index (χ1) is 16.5. The van der Waals surface area contributed by atoms with Crippen LogP contribution in [0.4, 0.5) is 11.4 Å². The number of hydrogen-bond donors (Lipinski definition) is 0. The molecule has 8 nitrogen and oxygen atoms in total. The smallest absolute Gasteiger partial charge is 0.269 e. The van der Waals surface area contributed by atoms with E-state index in [1.807, 2.05) is 59.5 Å². The van der Waals surface area contributed by atoms with Gasteiger partial charge in [-0.15, -0.1) is 0 Å². The number of anilines is 1. The molecular weight excluding hydrogens is 432 g/mol. The molecule has 3 aromatic rings. The Hall–Kier alpha value is -4.20. The highest BCUT2D eigenvalue weighted by Crippen LogP contribution is 2.33. The zero-order valence-corrected chi connectivity index (χ0v) is 18.5. The third-order valence-electron chi connectivity index (χ3n) is 6.53. The van der Waals surface area contributed by atoms with Crippen molar-refractivity contribution in [3.63, 3.8) is 0 Å². The summed E-state index contributed by atoms with van der Waals surface area (Å²) in [7, 11) is 0. The maximum absolute atomic E-state index is 13.8. The van der Waals surface area contributed by atoms with E-state index in [-0.39, 0.29) is 17.5 Å². The molecule has 0 saturated carbocycles. The van der Waals surface area contributed by atoms with Crippen molar-refractivity contribution in [2.24, 2.45) is 0 Å². The van der Waals surface area contributed by atoms with Crippen LogP contribution < -0.4 is 4.90 Å². The van der Waals surface area contributed by atoms with Crippen molar-refractivity contribution in [2.45, 2.75) is 12.6 Å². The highest BCUT2D eigenvalue weighted by Gasteiger charge is 2.39. The lowest BCUT2D eigenvalue weighted by molar-refractivity contribution is -0.384. The highest BCUT2D eigenvalue weighted by molar-refractivity contribution is 6.01. The maximum atomic E-state index is 13.8. The maximum Gasteiger partial charge on any atom is 0.269 e. The van der Waals surface area contributed by atoms with Gasteiger partial charge in [0.2, 0.25) is 5.91 Å². The van der Waals surface area contributed by atoms with Crippen LogP contribution >= 0.6 is 0 Å². The molecule has 2 aliphatic rings. The van der Waals surface area contributed by atoms with Gasteiger partial charge in [-0.3, -0.25) is 19.7 Å². The lowest BCUT2D eigenvalue weighted by Crippen LogP contribution is -2.52. The fraction of sp³-hybridized carbons (Fsp3) is 0.231. The van der Waals surface area contributed by atoms with Crippen molar-refractivity contribution in [3.05, 3.63) is 106 Å². The number of carbonyl (C=O) groups excluding carboxylic acids is 2. The fourth-order valence-corrected chi connectivity index (χ4v) is 4.72. The number of amides is 2. The summed E-state index contributed by atoms with van der Waals surface area (Å²) in [4.78, 5) is 43.1. The number of nitrogens with zero attached hydrogens (tertiary/aromatic N) is 4. The van der Waals surface area contributed by atoms with Crippen LogP contribution in [0.3, 0.4) is 0 Å². The first-order valence-electron chi connectivity index (χ1n) is 11.2. The first-order valence-corrected chi connectivity index (χ1v) is 11.2. The normalized spacial score (nSPS) is 16.4. The molecule has 172 valence electrons. The Balaban J connectivity index is 1.34. The second-order valence-electron chi connectivity index (χ2n) is 8.49. The summed E-state index contributed by atoms with van der Waals surface area (Å²) < 4.78 is 0. The molecule has 3 aromatic carbocycles. The van der Waals surface area contributed by atoms with E-state index in [0.29, 0.717) is 38.3 Å². The predicted molar refractivity (Wildman–Crippen MR) is 127 cm³/mol. The van der Waals surface area contributed by atoms with E-state index in [9.17, 15) is 19.7 Å². The average Bonchev–Trinajstić information content (AvgIpc) is 3.21. The second kappa shape index (κ2) is 8.97. The predicted octanol–water partition coefficient (Wildman–Crippen LogP) is 3.64. The van der Waals surface area contributed by atoms with E-state index in [0.717, 1.165) is 16.8 Å². The molecule has 0 bridgehead atoms. The van der Waals surface area contributed by atoms with Crippen molar-refractivity contribution in [1.82, 2.24) is 9.80 Å². The number of hydrogen-bond acceptors (Lipinski definition) is 5. The molecule has 34 heavy (non-hydrogen) atoms. The summed E-state index contributed by atoms with van der Waals surface area (Å²) in [6, 6.07) is 22.7. The minimum Gasteiger partial charge on any atom is -0.368 e. The Morgan fingerprint density at radius 2 is 1.50 bits per heavy atom. The molecule has 0 aromatic heterocycles. The SMILES string of the molecule is O=C([C@H](c1ccccc1)N1Cc2ccccc2C1=O)N1CCN(c2ccc([N+](=O)[O-])cc2)CC1. The molecule has 0 N–H and O–H groups in total. The summed E-state index contributed by atoms with van der Waals surface area (Å²) >= 11 is 0. The highest BCUT2D eigenvalue weighted by atomic mass is 16.6. The number of carbonyl (C=O) groups is 2. The van der Waals surface area contributed by atoms with E-state index in [2.05, 4.69) is 4.90 Å². The topological polar surface area (TPSA) is 87.0 Å². The van der Waals surface area contributed by atoms with Gasteiger partial charge in [0.05, 0.1) is 4.92 Å². The van der Waals surface area contributed by atoms with Crippen LogP contribution in [0.15, 0.2) is 78.9 Å². The zero-order chi connectivity index (χ0) is 23.7. The van der Waals surface area contributed by atoms with Crippen molar-refractivity contribution in [1.29, 1.82) is 0 Å².